The van der Waals surface area contributed by atoms with Crippen LogP contribution in [0.1, 0.15) is 5.56 Å². The molecular formula is C18H15ClN2O2S. The summed E-state index contributed by atoms with van der Waals surface area (Å²) in [6.45, 7) is 1.91. The van der Waals surface area contributed by atoms with E-state index in [1.54, 1.807) is 54.7 Å². The Morgan fingerprint density at radius 1 is 1.00 bits per heavy atom. The number of rotatable bonds is 4. The summed E-state index contributed by atoms with van der Waals surface area (Å²) < 4.78 is 27.9. The molecule has 1 N–H and O–H groups in total. The highest BCUT2D eigenvalue weighted by atomic mass is 35.5. The lowest BCUT2D eigenvalue weighted by Gasteiger charge is -2.13. The van der Waals surface area contributed by atoms with Gasteiger partial charge in [0.2, 0.25) is 0 Å². The summed E-state index contributed by atoms with van der Waals surface area (Å²) in [5.74, 6) is 0. The van der Waals surface area contributed by atoms with Gasteiger partial charge in [-0.1, -0.05) is 47.5 Å². The van der Waals surface area contributed by atoms with E-state index >= 15 is 0 Å². The second-order valence-corrected chi connectivity index (χ2v) is 7.40. The molecular weight excluding hydrogens is 344 g/mol. The van der Waals surface area contributed by atoms with Gasteiger partial charge in [-0.15, -0.1) is 0 Å². The second-order valence-electron chi connectivity index (χ2n) is 5.33. The van der Waals surface area contributed by atoms with Crippen molar-refractivity contribution in [2.75, 3.05) is 4.72 Å². The van der Waals surface area contributed by atoms with Crippen LogP contribution in [-0.4, -0.2) is 13.4 Å². The number of nitrogens with zero attached hydrogens (tertiary/aromatic N) is 1. The van der Waals surface area contributed by atoms with Crippen LogP contribution in [0.2, 0.25) is 5.15 Å². The quantitative estimate of drug-likeness (QED) is 0.698. The largest absolute Gasteiger partial charge is 0.279 e. The van der Waals surface area contributed by atoms with Crippen LogP contribution in [-0.2, 0) is 10.0 Å². The molecule has 0 amide bonds. The number of sulfonamides is 1. The Bertz CT molecular complexity index is 970. The maximum Gasteiger partial charge on any atom is 0.261 e. The van der Waals surface area contributed by atoms with E-state index in [-0.39, 0.29) is 4.90 Å². The third-order valence-electron chi connectivity index (χ3n) is 3.54. The van der Waals surface area contributed by atoms with Crippen LogP contribution >= 0.6 is 11.6 Å². The van der Waals surface area contributed by atoms with Gasteiger partial charge in [-0.25, -0.2) is 13.4 Å². The van der Waals surface area contributed by atoms with E-state index in [1.165, 1.54) is 0 Å². The lowest BCUT2D eigenvalue weighted by atomic mass is 10.1. The SMILES string of the molecule is Cc1ccc(S(=O)(=O)Nc2ccccc2-c2ccnc(Cl)c2)cc1. The zero-order valence-electron chi connectivity index (χ0n) is 12.9. The van der Waals surface area contributed by atoms with Crippen molar-refractivity contribution < 1.29 is 8.42 Å². The van der Waals surface area contributed by atoms with Crippen molar-refractivity contribution in [3.63, 3.8) is 0 Å². The van der Waals surface area contributed by atoms with Gasteiger partial charge in [0.1, 0.15) is 5.15 Å². The molecule has 6 heteroatoms. The number of para-hydroxylation sites is 1. The number of aromatic nitrogens is 1. The minimum atomic E-state index is -3.67. The van der Waals surface area contributed by atoms with Crippen LogP contribution in [0.3, 0.4) is 0 Å². The lowest BCUT2D eigenvalue weighted by Crippen LogP contribution is -2.13. The molecule has 0 unspecified atom stereocenters. The highest BCUT2D eigenvalue weighted by molar-refractivity contribution is 7.92. The van der Waals surface area contributed by atoms with Crippen molar-refractivity contribution in [2.24, 2.45) is 0 Å². The fourth-order valence-corrected chi connectivity index (χ4v) is 3.57. The van der Waals surface area contributed by atoms with E-state index in [2.05, 4.69) is 9.71 Å². The van der Waals surface area contributed by atoms with E-state index in [9.17, 15) is 8.42 Å². The standard InChI is InChI=1S/C18H15ClN2O2S/c1-13-6-8-15(9-7-13)24(22,23)21-17-5-3-2-4-16(17)14-10-11-20-18(19)12-14/h2-12,21H,1H3. The van der Waals surface area contributed by atoms with Gasteiger partial charge in [-0.3, -0.25) is 4.72 Å². The zero-order chi connectivity index (χ0) is 17.2. The molecule has 0 aliphatic rings. The molecule has 3 rings (SSSR count). The zero-order valence-corrected chi connectivity index (χ0v) is 14.5. The third kappa shape index (κ3) is 3.58. The van der Waals surface area contributed by atoms with Crippen molar-refractivity contribution in [3.05, 3.63) is 77.6 Å². The summed E-state index contributed by atoms with van der Waals surface area (Å²) in [4.78, 5) is 4.17. The highest BCUT2D eigenvalue weighted by Gasteiger charge is 2.16. The number of anilines is 1. The van der Waals surface area contributed by atoms with Gasteiger partial charge in [0.15, 0.2) is 0 Å². The molecule has 0 spiro atoms. The molecule has 0 aliphatic heterocycles. The molecule has 3 aromatic rings. The van der Waals surface area contributed by atoms with Crippen LogP contribution in [0.4, 0.5) is 5.69 Å². The van der Waals surface area contributed by atoms with Gasteiger partial charge in [0.25, 0.3) is 10.0 Å². The Kier molecular flexibility index (Phi) is 4.55. The lowest BCUT2D eigenvalue weighted by molar-refractivity contribution is 0.601. The van der Waals surface area contributed by atoms with Crippen molar-refractivity contribution >= 4 is 27.3 Å². The molecule has 0 radical (unpaired) electrons. The van der Waals surface area contributed by atoms with Crippen molar-refractivity contribution in [2.45, 2.75) is 11.8 Å². The molecule has 0 atom stereocenters. The van der Waals surface area contributed by atoms with E-state index in [0.29, 0.717) is 10.8 Å². The fraction of sp³-hybridized carbons (Fsp3) is 0.0556. The monoisotopic (exact) mass is 358 g/mol. The minimum Gasteiger partial charge on any atom is -0.279 e. The van der Waals surface area contributed by atoms with Gasteiger partial charge >= 0.3 is 0 Å². The maximum atomic E-state index is 12.6. The minimum absolute atomic E-state index is 0.218. The first kappa shape index (κ1) is 16.5. The molecule has 4 nitrogen and oxygen atoms in total. The summed E-state index contributed by atoms with van der Waals surface area (Å²) >= 11 is 5.94. The number of pyridine rings is 1. The first-order chi connectivity index (χ1) is 11.5. The smallest absolute Gasteiger partial charge is 0.261 e. The van der Waals surface area contributed by atoms with Crippen molar-refractivity contribution in [1.29, 1.82) is 0 Å². The van der Waals surface area contributed by atoms with Crippen molar-refractivity contribution in [1.82, 2.24) is 4.98 Å². The number of halogens is 1. The average molecular weight is 359 g/mol. The van der Waals surface area contributed by atoms with Gasteiger partial charge < -0.3 is 0 Å². The summed E-state index contributed by atoms with van der Waals surface area (Å²) in [6.07, 6.45) is 1.59. The number of benzene rings is 2. The fourth-order valence-electron chi connectivity index (χ4n) is 2.31. The molecule has 0 aliphatic carbocycles. The molecule has 1 aromatic heterocycles. The molecule has 0 fully saturated rings. The van der Waals surface area contributed by atoms with Gasteiger partial charge in [0.05, 0.1) is 10.6 Å². The van der Waals surface area contributed by atoms with Crippen molar-refractivity contribution in [3.8, 4) is 11.1 Å². The Morgan fingerprint density at radius 3 is 2.42 bits per heavy atom. The predicted molar refractivity (Wildman–Crippen MR) is 96.7 cm³/mol. The Morgan fingerprint density at radius 2 is 1.71 bits per heavy atom. The Hall–Kier alpha value is -2.37. The summed E-state index contributed by atoms with van der Waals surface area (Å²) in [5.41, 5.74) is 3.01. The van der Waals surface area contributed by atoms with Crippen LogP contribution in [0.15, 0.2) is 71.8 Å². The van der Waals surface area contributed by atoms with Crippen LogP contribution in [0.5, 0.6) is 0 Å². The normalized spacial score (nSPS) is 11.2. The molecule has 122 valence electrons. The second kappa shape index (κ2) is 6.63. The summed E-state index contributed by atoms with van der Waals surface area (Å²) in [5, 5.41) is 0.351. The first-order valence-corrected chi connectivity index (χ1v) is 9.12. The van der Waals surface area contributed by atoms with Gasteiger partial charge in [-0.2, -0.15) is 0 Å². The van der Waals surface area contributed by atoms with Gasteiger partial charge in [-0.05, 0) is 42.8 Å². The average Bonchev–Trinajstić information content (AvgIpc) is 2.55. The van der Waals surface area contributed by atoms with Crippen LogP contribution in [0, 0.1) is 6.92 Å². The molecule has 2 aromatic carbocycles. The Labute approximate surface area is 146 Å². The molecule has 0 bridgehead atoms. The molecule has 0 saturated carbocycles. The van der Waals surface area contributed by atoms with E-state index < -0.39 is 10.0 Å². The number of aryl methyl sites for hydroxylation is 1. The topological polar surface area (TPSA) is 59.1 Å². The van der Waals surface area contributed by atoms with E-state index in [1.807, 2.05) is 19.1 Å². The number of hydrogen-bond acceptors (Lipinski definition) is 3. The Balaban J connectivity index is 2.00. The van der Waals surface area contributed by atoms with Crippen LogP contribution in [0.25, 0.3) is 11.1 Å². The van der Waals surface area contributed by atoms with E-state index in [0.717, 1.165) is 16.7 Å². The van der Waals surface area contributed by atoms with Crippen LogP contribution < -0.4 is 4.72 Å². The highest BCUT2D eigenvalue weighted by Crippen LogP contribution is 2.30. The third-order valence-corrected chi connectivity index (χ3v) is 5.13. The molecule has 0 saturated heterocycles. The van der Waals surface area contributed by atoms with Gasteiger partial charge in [0, 0.05) is 11.8 Å². The first-order valence-electron chi connectivity index (χ1n) is 7.26. The maximum absolute atomic E-state index is 12.6. The predicted octanol–water partition coefficient (Wildman–Crippen LogP) is 4.51. The number of hydrogen-bond donors (Lipinski definition) is 1. The van der Waals surface area contributed by atoms with E-state index in [4.69, 9.17) is 11.6 Å². The number of nitrogens with one attached hydrogen (secondary N) is 1. The molecule has 1 heterocycles. The summed E-state index contributed by atoms with van der Waals surface area (Å²) in [7, 11) is -3.67. The summed E-state index contributed by atoms with van der Waals surface area (Å²) in [6, 6.07) is 17.4. The molecule has 24 heavy (non-hydrogen) atoms.